The minimum absolute atomic E-state index is 0.121. The molecule has 7 heteroatoms. The quantitative estimate of drug-likeness (QED) is 0.521. The zero-order valence-electron chi connectivity index (χ0n) is 10.4. The zero-order valence-corrected chi connectivity index (χ0v) is 10.4. The number of phenolic OH excluding ortho intramolecular Hbond substituents is 1. The van der Waals surface area contributed by atoms with Gasteiger partial charge in [-0.05, 0) is 36.4 Å². The molecular formula is C13H12N6O. The summed E-state index contributed by atoms with van der Waals surface area (Å²) in [6.07, 6.45) is 0. The summed E-state index contributed by atoms with van der Waals surface area (Å²) in [5.41, 5.74) is 13.2. The summed E-state index contributed by atoms with van der Waals surface area (Å²) in [5, 5.41) is 12.3. The minimum Gasteiger partial charge on any atom is -0.508 e. The maximum atomic E-state index is 9.24. The summed E-state index contributed by atoms with van der Waals surface area (Å²) >= 11 is 0. The molecule has 0 aliphatic rings. The number of aromatic nitrogens is 3. The number of fused-ring (bicyclic) bond motifs is 1. The highest BCUT2D eigenvalue weighted by Crippen LogP contribution is 2.22. The molecule has 0 aliphatic carbocycles. The number of rotatable bonds is 2. The summed E-state index contributed by atoms with van der Waals surface area (Å²) in [6, 6.07) is 10.2. The first-order valence-electron chi connectivity index (χ1n) is 5.87. The van der Waals surface area contributed by atoms with Gasteiger partial charge in [-0.25, -0.2) is 9.97 Å². The second-order valence-electron chi connectivity index (χ2n) is 4.20. The number of nitrogen functional groups attached to an aromatic ring is 2. The Morgan fingerprint density at radius 1 is 0.900 bits per heavy atom. The normalized spacial score (nSPS) is 10.6. The second kappa shape index (κ2) is 4.54. The number of anilines is 4. The molecule has 0 atom stereocenters. The lowest BCUT2D eigenvalue weighted by atomic mass is 10.3. The summed E-state index contributed by atoms with van der Waals surface area (Å²) in [4.78, 5) is 12.3. The third-order valence-electron chi connectivity index (χ3n) is 2.73. The molecule has 0 saturated heterocycles. The van der Waals surface area contributed by atoms with Crippen molar-refractivity contribution in [3.05, 3.63) is 36.4 Å². The lowest BCUT2D eigenvalue weighted by Gasteiger charge is -2.07. The fraction of sp³-hybridized carbons (Fsp3) is 0. The van der Waals surface area contributed by atoms with Gasteiger partial charge in [-0.1, -0.05) is 0 Å². The Morgan fingerprint density at radius 3 is 2.40 bits per heavy atom. The summed E-state index contributed by atoms with van der Waals surface area (Å²) in [7, 11) is 0. The van der Waals surface area contributed by atoms with Crippen molar-refractivity contribution in [3.63, 3.8) is 0 Å². The number of hydrogen-bond donors (Lipinski definition) is 4. The van der Waals surface area contributed by atoms with Gasteiger partial charge in [-0.2, -0.15) is 4.98 Å². The van der Waals surface area contributed by atoms with Gasteiger partial charge >= 0.3 is 0 Å². The van der Waals surface area contributed by atoms with Crippen LogP contribution in [0.3, 0.4) is 0 Å². The highest BCUT2D eigenvalue weighted by atomic mass is 16.3. The van der Waals surface area contributed by atoms with E-state index in [-0.39, 0.29) is 17.5 Å². The number of nitrogens with one attached hydrogen (secondary N) is 1. The van der Waals surface area contributed by atoms with Crippen LogP contribution in [0, 0.1) is 0 Å². The molecule has 0 fully saturated rings. The van der Waals surface area contributed by atoms with Crippen LogP contribution in [0.2, 0.25) is 0 Å². The number of hydrogen-bond acceptors (Lipinski definition) is 7. The van der Waals surface area contributed by atoms with Crippen LogP contribution in [0.1, 0.15) is 0 Å². The third-order valence-corrected chi connectivity index (χ3v) is 2.73. The topological polar surface area (TPSA) is 123 Å². The number of nitrogens with two attached hydrogens (primary N) is 2. The van der Waals surface area contributed by atoms with E-state index >= 15 is 0 Å². The SMILES string of the molecule is Nc1nc(N)c2nc(Nc3ccc(O)cc3)ccc2n1. The predicted molar refractivity (Wildman–Crippen MR) is 77.5 cm³/mol. The predicted octanol–water partition coefficient (Wildman–Crippen LogP) is 1.64. The number of benzene rings is 1. The van der Waals surface area contributed by atoms with E-state index in [2.05, 4.69) is 20.3 Å². The fourth-order valence-corrected chi connectivity index (χ4v) is 1.82. The van der Waals surface area contributed by atoms with Crippen LogP contribution in [-0.4, -0.2) is 20.1 Å². The average Bonchev–Trinajstić information content (AvgIpc) is 2.42. The van der Waals surface area contributed by atoms with E-state index in [0.29, 0.717) is 16.9 Å². The van der Waals surface area contributed by atoms with Gasteiger partial charge in [0, 0.05) is 5.69 Å². The van der Waals surface area contributed by atoms with Crippen LogP contribution in [0.15, 0.2) is 36.4 Å². The van der Waals surface area contributed by atoms with Crippen molar-refractivity contribution >= 4 is 34.3 Å². The molecule has 0 spiro atoms. The van der Waals surface area contributed by atoms with Crippen LogP contribution in [0.4, 0.5) is 23.3 Å². The molecule has 0 bridgehead atoms. The second-order valence-corrected chi connectivity index (χ2v) is 4.20. The van der Waals surface area contributed by atoms with E-state index in [4.69, 9.17) is 11.5 Å². The van der Waals surface area contributed by atoms with Gasteiger partial charge in [0.1, 0.15) is 17.1 Å². The molecule has 20 heavy (non-hydrogen) atoms. The molecular weight excluding hydrogens is 256 g/mol. The van der Waals surface area contributed by atoms with Gasteiger partial charge in [0.15, 0.2) is 5.82 Å². The van der Waals surface area contributed by atoms with E-state index in [9.17, 15) is 5.11 Å². The smallest absolute Gasteiger partial charge is 0.222 e. The van der Waals surface area contributed by atoms with Crippen LogP contribution in [0.5, 0.6) is 5.75 Å². The van der Waals surface area contributed by atoms with Gasteiger partial charge in [0.05, 0.1) is 5.52 Å². The lowest BCUT2D eigenvalue weighted by Crippen LogP contribution is -2.03. The highest BCUT2D eigenvalue weighted by molar-refractivity contribution is 5.86. The molecule has 0 aliphatic heterocycles. The van der Waals surface area contributed by atoms with Crippen LogP contribution < -0.4 is 16.8 Å². The number of phenols is 1. The van der Waals surface area contributed by atoms with Crippen molar-refractivity contribution in [1.29, 1.82) is 0 Å². The maximum absolute atomic E-state index is 9.24. The Morgan fingerprint density at radius 2 is 1.65 bits per heavy atom. The first kappa shape index (κ1) is 12.0. The highest BCUT2D eigenvalue weighted by Gasteiger charge is 2.06. The Balaban J connectivity index is 1.98. The monoisotopic (exact) mass is 268 g/mol. The molecule has 2 heterocycles. The first-order chi connectivity index (χ1) is 9.61. The fourth-order valence-electron chi connectivity index (χ4n) is 1.82. The van der Waals surface area contributed by atoms with Crippen LogP contribution in [0.25, 0.3) is 11.0 Å². The largest absolute Gasteiger partial charge is 0.508 e. The van der Waals surface area contributed by atoms with E-state index in [1.807, 2.05) is 0 Å². The summed E-state index contributed by atoms with van der Waals surface area (Å²) < 4.78 is 0. The molecule has 0 saturated carbocycles. The molecule has 0 radical (unpaired) electrons. The molecule has 0 unspecified atom stereocenters. The van der Waals surface area contributed by atoms with E-state index in [0.717, 1.165) is 5.69 Å². The maximum Gasteiger partial charge on any atom is 0.222 e. The first-order valence-corrected chi connectivity index (χ1v) is 5.87. The van der Waals surface area contributed by atoms with Gasteiger partial charge in [-0.15, -0.1) is 0 Å². The lowest BCUT2D eigenvalue weighted by molar-refractivity contribution is 0.475. The summed E-state index contributed by atoms with van der Waals surface area (Å²) in [5.74, 6) is 1.16. The van der Waals surface area contributed by atoms with Gasteiger partial charge in [0.2, 0.25) is 5.95 Å². The number of nitrogens with zero attached hydrogens (tertiary/aromatic N) is 3. The Hall–Kier alpha value is -3.09. The van der Waals surface area contributed by atoms with Crippen molar-refractivity contribution in [2.75, 3.05) is 16.8 Å². The molecule has 6 N–H and O–H groups in total. The van der Waals surface area contributed by atoms with Crippen molar-refractivity contribution in [3.8, 4) is 5.75 Å². The van der Waals surface area contributed by atoms with E-state index in [1.165, 1.54) is 0 Å². The van der Waals surface area contributed by atoms with Crippen molar-refractivity contribution in [1.82, 2.24) is 15.0 Å². The van der Waals surface area contributed by atoms with Gasteiger partial charge < -0.3 is 21.9 Å². The minimum atomic E-state index is 0.121. The Kier molecular flexibility index (Phi) is 2.72. The molecule has 100 valence electrons. The number of aromatic hydroxyl groups is 1. The molecule has 1 aromatic carbocycles. The molecule has 3 aromatic rings. The van der Waals surface area contributed by atoms with Crippen molar-refractivity contribution in [2.45, 2.75) is 0 Å². The van der Waals surface area contributed by atoms with Crippen molar-refractivity contribution in [2.24, 2.45) is 0 Å². The molecule has 0 amide bonds. The molecule has 2 aromatic heterocycles. The van der Waals surface area contributed by atoms with Crippen LogP contribution >= 0.6 is 0 Å². The van der Waals surface area contributed by atoms with E-state index < -0.39 is 0 Å². The Labute approximate surface area is 114 Å². The molecule has 3 rings (SSSR count). The molecule has 7 nitrogen and oxygen atoms in total. The Bertz CT molecular complexity index is 772. The van der Waals surface area contributed by atoms with E-state index in [1.54, 1.807) is 36.4 Å². The zero-order chi connectivity index (χ0) is 14.1. The van der Waals surface area contributed by atoms with Crippen LogP contribution in [-0.2, 0) is 0 Å². The van der Waals surface area contributed by atoms with Gasteiger partial charge in [0.25, 0.3) is 0 Å². The summed E-state index contributed by atoms with van der Waals surface area (Å²) in [6.45, 7) is 0. The third kappa shape index (κ3) is 2.24. The number of pyridine rings is 1. The van der Waals surface area contributed by atoms with Gasteiger partial charge in [-0.3, -0.25) is 0 Å². The van der Waals surface area contributed by atoms with Crippen molar-refractivity contribution < 1.29 is 5.11 Å². The average molecular weight is 268 g/mol. The standard InChI is InChI=1S/C13H12N6O/c14-12-11-9(17-13(15)19-12)5-6-10(18-11)16-7-1-3-8(20)4-2-7/h1-6,20H,(H,16,18)(H4,14,15,17,19).